The Labute approximate surface area is 156 Å². The summed E-state index contributed by atoms with van der Waals surface area (Å²) >= 11 is 1.82. The van der Waals surface area contributed by atoms with Gasteiger partial charge in [0.05, 0.1) is 5.56 Å². The topological polar surface area (TPSA) is 36.4 Å². The quantitative estimate of drug-likeness (QED) is 0.278. The van der Waals surface area contributed by atoms with Gasteiger partial charge < -0.3 is 10.6 Å². The molecule has 0 aliphatic rings. The van der Waals surface area contributed by atoms with Crippen LogP contribution >= 0.6 is 35.7 Å². The Kier molecular flexibility index (Phi) is 11.5. The zero-order valence-electron chi connectivity index (χ0n) is 13.2. The van der Waals surface area contributed by atoms with Gasteiger partial charge in [-0.2, -0.15) is 24.9 Å². The molecule has 0 aliphatic carbocycles. The highest BCUT2D eigenvalue weighted by molar-refractivity contribution is 14.0. The number of rotatable bonds is 7. The minimum atomic E-state index is -4.29. The predicted octanol–water partition coefficient (Wildman–Crippen LogP) is 4.13. The summed E-state index contributed by atoms with van der Waals surface area (Å²) in [7, 11) is 1.67. The van der Waals surface area contributed by atoms with E-state index in [-0.39, 0.29) is 24.0 Å². The van der Waals surface area contributed by atoms with E-state index >= 15 is 0 Å². The van der Waals surface area contributed by atoms with Crippen molar-refractivity contribution in [1.82, 2.24) is 10.6 Å². The van der Waals surface area contributed by atoms with Crippen LogP contribution < -0.4 is 10.6 Å². The minimum absolute atomic E-state index is 0. The van der Waals surface area contributed by atoms with Crippen LogP contribution in [0.1, 0.15) is 24.0 Å². The van der Waals surface area contributed by atoms with E-state index in [1.165, 1.54) is 12.1 Å². The lowest BCUT2D eigenvalue weighted by Gasteiger charge is -2.12. The number of hydrogen-bond donors (Lipinski definition) is 2. The van der Waals surface area contributed by atoms with Gasteiger partial charge in [-0.05, 0) is 42.5 Å². The van der Waals surface area contributed by atoms with Crippen molar-refractivity contribution in [3.8, 4) is 0 Å². The highest BCUT2D eigenvalue weighted by Crippen LogP contribution is 2.28. The second-order valence-corrected chi connectivity index (χ2v) is 5.73. The third kappa shape index (κ3) is 9.29. The summed E-state index contributed by atoms with van der Waals surface area (Å²) < 4.78 is 37.4. The monoisotopic (exact) mass is 461 g/mol. The molecule has 0 fully saturated rings. The fourth-order valence-electron chi connectivity index (χ4n) is 1.80. The van der Waals surface area contributed by atoms with Gasteiger partial charge in [0.25, 0.3) is 0 Å². The smallest absolute Gasteiger partial charge is 0.356 e. The third-order valence-corrected chi connectivity index (χ3v) is 3.73. The second-order valence-electron chi connectivity index (χ2n) is 4.75. The Morgan fingerprint density at radius 1 is 1.13 bits per heavy atom. The summed E-state index contributed by atoms with van der Waals surface area (Å²) in [5.41, 5.74) is 0.144. The van der Waals surface area contributed by atoms with E-state index < -0.39 is 11.7 Å². The molecule has 1 aromatic carbocycles. The van der Waals surface area contributed by atoms with Gasteiger partial charge in [-0.3, -0.25) is 4.99 Å². The zero-order valence-corrected chi connectivity index (χ0v) is 16.4. The number of guanidine groups is 1. The van der Waals surface area contributed by atoms with E-state index in [1.807, 2.05) is 11.8 Å². The van der Waals surface area contributed by atoms with Crippen molar-refractivity contribution in [2.45, 2.75) is 25.6 Å². The van der Waals surface area contributed by atoms with Gasteiger partial charge in [0, 0.05) is 20.1 Å². The van der Waals surface area contributed by atoms with E-state index in [9.17, 15) is 13.2 Å². The van der Waals surface area contributed by atoms with Gasteiger partial charge in [0.2, 0.25) is 0 Å². The molecule has 0 saturated carbocycles. The molecule has 0 spiro atoms. The number of nitrogens with one attached hydrogen (secondary N) is 2. The van der Waals surface area contributed by atoms with Gasteiger partial charge in [0.1, 0.15) is 0 Å². The number of unbranched alkanes of at least 4 members (excludes halogenated alkanes) is 1. The largest absolute Gasteiger partial charge is 0.416 e. The van der Waals surface area contributed by atoms with Gasteiger partial charge >= 0.3 is 6.18 Å². The number of thioether (sulfide) groups is 1. The number of halogens is 4. The Hall–Kier alpha value is -0.640. The van der Waals surface area contributed by atoms with Crippen molar-refractivity contribution in [1.29, 1.82) is 0 Å². The predicted molar refractivity (Wildman–Crippen MR) is 103 cm³/mol. The summed E-state index contributed by atoms with van der Waals surface area (Å²) in [6.45, 7) is 1.26. The Morgan fingerprint density at radius 2 is 1.78 bits per heavy atom. The van der Waals surface area contributed by atoms with Crippen LogP contribution in [0.25, 0.3) is 0 Å². The molecule has 1 rings (SSSR count). The number of alkyl halides is 3. The average Bonchev–Trinajstić information content (AvgIpc) is 2.49. The number of hydrogen-bond acceptors (Lipinski definition) is 2. The summed E-state index contributed by atoms with van der Waals surface area (Å²) in [6.07, 6.45) is -0.00974. The van der Waals surface area contributed by atoms with Gasteiger partial charge in [-0.1, -0.05) is 12.1 Å². The fourth-order valence-corrected chi connectivity index (χ4v) is 2.29. The van der Waals surface area contributed by atoms with Crippen molar-refractivity contribution in [3.05, 3.63) is 35.4 Å². The maximum atomic E-state index is 12.5. The van der Waals surface area contributed by atoms with Crippen LogP contribution in [0.2, 0.25) is 0 Å². The highest BCUT2D eigenvalue weighted by atomic mass is 127. The van der Waals surface area contributed by atoms with Crippen LogP contribution in [0.15, 0.2) is 29.3 Å². The first-order valence-electron chi connectivity index (χ1n) is 7.07. The minimum Gasteiger partial charge on any atom is -0.356 e. The SMILES string of the molecule is CN=C(NCCCCSC)NCc1ccc(C(F)(F)F)cc1.I. The molecule has 0 unspecified atom stereocenters. The van der Waals surface area contributed by atoms with Crippen LogP contribution in [-0.2, 0) is 12.7 Å². The van der Waals surface area contributed by atoms with E-state index in [1.54, 1.807) is 7.05 Å². The molecule has 23 heavy (non-hydrogen) atoms. The first-order chi connectivity index (χ1) is 10.5. The summed E-state index contributed by atoms with van der Waals surface area (Å²) in [5.74, 6) is 1.79. The van der Waals surface area contributed by atoms with Crippen LogP contribution in [-0.4, -0.2) is 31.6 Å². The molecule has 0 aliphatic heterocycles. The second kappa shape index (κ2) is 11.8. The Bertz CT molecular complexity index is 464. The van der Waals surface area contributed by atoms with Crippen LogP contribution in [0.3, 0.4) is 0 Å². The fraction of sp³-hybridized carbons (Fsp3) is 0.533. The van der Waals surface area contributed by atoms with Crippen LogP contribution in [0, 0.1) is 0 Å². The maximum absolute atomic E-state index is 12.5. The molecule has 3 nitrogen and oxygen atoms in total. The maximum Gasteiger partial charge on any atom is 0.416 e. The van der Waals surface area contributed by atoms with E-state index in [2.05, 4.69) is 21.9 Å². The molecule has 0 amide bonds. The molecule has 0 atom stereocenters. The Morgan fingerprint density at radius 3 is 2.30 bits per heavy atom. The van der Waals surface area contributed by atoms with Gasteiger partial charge in [0.15, 0.2) is 5.96 Å². The molecule has 132 valence electrons. The van der Waals surface area contributed by atoms with Crippen molar-refractivity contribution in [2.75, 3.05) is 25.6 Å². The molecule has 0 saturated heterocycles. The molecular formula is C15H23F3IN3S. The summed E-state index contributed by atoms with van der Waals surface area (Å²) in [4.78, 5) is 4.09. The lowest BCUT2D eigenvalue weighted by Crippen LogP contribution is -2.37. The molecule has 0 aromatic heterocycles. The lowest BCUT2D eigenvalue weighted by molar-refractivity contribution is -0.137. The van der Waals surface area contributed by atoms with E-state index in [0.717, 1.165) is 42.8 Å². The van der Waals surface area contributed by atoms with Crippen molar-refractivity contribution in [2.24, 2.45) is 4.99 Å². The van der Waals surface area contributed by atoms with Crippen LogP contribution in [0.4, 0.5) is 13.2 Å². The molecular weight excluding hydrogens is 438 g/mol. The summed E-state index contributed by atoms with van der Waals surface area (Å²) in [5, 5.41) is 6.27. The molecule has 0 bridgehead atoms. The zero-order chi connectivity index (χ0) is 16.4. The highest BCUT2D eigenvalue weighted by Gasteiger charge is 2.29. The molecule has 0 radical (unpaired) electrons. The van der Waals surface area contributed by atoms with Crippen molar-refractivity contribution >= 4 is 41.7 Å². The molecule has 2 N–H and O–H groups in total. The van der Waals surface area contributed by atoms with Crippen molar-refractivity contribution in [3.63, 3.8) is 0 Å². The lowest BCUT2D eigenvalue weighted by atomic mass is 10.1. The number of nitrogens with zero attached hydrogens (tertiary/aromatic N) is 1. The number of benzene rings is 1. The Balaban J connectivity index is 0.00000484. The summed E-state index contributed by atoms with van der Waals surface area (Å²) in [6, 6.07) is 5.13. The molecule has 8 heteroatoms. The van der Waals surface area contributed by atoms with E-state index in [0.29, 0.717) is 12.5 Å². The van der Waals surface area contributed by atoms with Crippen molar-refractivity contribution < 1.29 is 13.2 Å². The standard InChI is InChI=1S/C15H22F3N3S.HI/c1-19-14(20-9-3-4-10-22-2)21-11-12-5-7-13(8-6-12)15(16,17)18;/h5-8H,3-4,9-11H2,1-2H3,(H2,19,20,21);1H. The molecule has 0 heterocycles. The molecule has 1 aromatic rings. The van der Waals surface area contributed by atoms with Gasteiger partial charge in [-0.15, -0.1) is 24.0 Å². The first kappa shape index (κ1) is 22.4. The van der Waals surface area contributed by atoms with Gasteiger partial charge in [-0.25, -0.2) is 0 Å². The van der Waals surface area contributed by atoms with Crippen LogP contribution in [0.5, 0.6) is 0 Å². The normalized spacial score (nSPS) is 11.8. The first-order valence-corrected chi connectivity index (χ1v) is 8.46. The average molecular weight is 461 g/mol. The van der Waals surface area contributed by atoms with E-state index in [4.69, 9.17) is 0 Å². The third-order valence-electron chi connectivity index (χ3n) is 3.03. The number of aliphatic imine (C=N–C) groups is 1.